The van der Waals surface area contributed by atoms with Crippen LogP contribution in [0.25, 0.3) is 0 Å². The van der Waals surface area contributed by atoms with Gasteiger partial charge in [-0.2, -0.15) is 11.8 Å². The van der Waals surface area contributed by atoms with Crippen molar-refractivity contribution in [2.45, 2.75) is 44.2 Å². The van der Waals surface area contributed by atoms with Gasteiger partial charge in [0.2, 0.25) is 0 Å². The van der Waals surface area contributed by atoms with E-state index in [1.165, 1.54) is 37.9 Å². The van der Waals surface area contributed by atoms with Gasteiger partial charge in [0.05, 0.1) is 0 Å². The van der Waals surface area contributed by atoms with Crippen LogP contribution in [0.5, 0.6) is 0 Å². The van der Waals surface area contributed by atoms with Crippen LogP contribution in [0.2, 0.25) is 0 Å². The molecule has 0 amide bonds. The van der Waals surface area contributed by atoms with Gasteiger partial charge in [0, 0.05) is 18.6 Å². The lowest BCUT2D eigenvalue weighted by Crippen LogP contribution is -2.47. The van der Waals surface area contributed by atoms with Gasteiger partial charge >= 0.3 is 0 Å². The van der Waals surface area contributed by atoms with Crippen molar-refractivity contribution in [3.05, 3.63) is 0 Å². The number of rotatable bonds is 7. The molecule has 0 aromatic heterocycles. The molecule has 1 unspecified atom stereocenters. The Morgan fingerprint density at radius 2 is 2.21 bits per heavy atom. The minimum Gasteiger partial charge on any atom is -0.329 e. The van der Waals surface area contributed by atoms with E-state index in [0.29, 0.717) is 6.04 Å². The van der Waals surface area contributed by atoms with Crippen LogP contribution in [-0.4, -0.2) is 42.6 Å². The molecule has 2 N–H and O–H groups in total. The highest BCUT2D eigenvalue weighted by Gasteiger charge is 2.26. The summed E-state index contributed by atoms with van der Waals surface area (Å²) >= 11 is 1.93. The van der Waals surface area contributed by atoms with Crippen LogP contribution in [0.15, 0.2) is 0 Å². The van der Waals surface area contributed by atoms with Gasteiger partial charge in [0.25, 0.3) is 0 Å². The number of hydrogen-bond acceptors (Lipinski definition) is 3. The first-order chi connectivity index (χ1) is 6.79. The summed E-state index contributed by atoms with van der Waals surface area (Å²) in [6.45, 7) is 0.821. The summed E-state index contributed by atoms with van der Waals surface area (Å²) in [5, 5.41) is 0. The average Bonchev–Trinajstić information content (AvgIpc) is 2.09. The van der Waals surface area contributed by atoms with Crippen LogP contribution in [0, 0.1) is 0 Å². The van der Waals surface area contributed by atoms with Gasteiger partial charge in [0.1, 0.15) is 0 Å². The van der Waals surface area contributed by atoms with Crippen molar-refractivity contribution in [2.24, 2.45) is 5.73 Å². The van der Waals surface area contributed by atoms with Gasteiger partial charge in [-0.15, -0.1) is 0 Å². The van der Waals surface area contributed by atoms with Gasteiger partial charge in [0.15, 0.2) is 0 Å². The minimum absolute atomic E-state index is 0.618. The molecule has 0 spiro atoms. The number of hydrogen-bond donors (Lipinski definition) is 1. The standard InChI is InChI=1S/C11H24N2S/c1-13(10-5-3-6-10)11(9-12)7-4-8-14-2/h10-11H,3-9,12H2,1-2H3. The van der Waals surface area contributed by atoms with Crippen molar-refractivity contribution in [3.8, 4) is 0 Å². The lowest BCUT2D eigenvalue weighted by molar-refractivity contribution is 0.108. The highest BCUT2D eigenvalue weighted by molar-refractivity contribution is 7.98. The summed E-state index contributed by atoms with van der Waals surface area (Å²) in [6.07, 6.45) is 8.93. The maximum atomic E-state index is 5.82. The summed E-state index contributed by atoms with van der Waals surface area (Å²) in [5.74, 6) is 1.27. The molecule has 0 saturated heterocycles. The second-order valence-corrected chi connectivity index (χ2v) is 5.26. The Balaban J connectivity index is 2.21. The third-order valence-electron chi connectivity index (χ3n) is 3.38. The van der Waals surface area contributed by atoms with Gasteiger partial charge in [-0.25, -0.2) is 0 Å². The van der Waals surface area contributed by atoms with Crippen molar-refractivity contribution < 1.29 is 0 Å². The highest BCUT2D eigenvalue weighted by Crippen LogP contribution is 2.26. The normalized spacial score (nSPS) is 19.7. The zero-order chi connectivity index (χ0) is 10.4. The largest absolute Gasteiger partial charge is 0.329 e. The van der Waals surface area contributed by atoms with Gasteiger partial charge in [-0.05, 0) is 44.7 Å². The van der Waals surface area contributed by atoms with Crippen molar-refractivity contribution >= 4 is 11.8 Å². The van der Waals surface area contributed by atoms with E-state index in [9.17, 15) is 0 Å². The third kappa shape index (κ3) is 3.44. The highest BCUT2D eigenvalue weighted by atomic mass is 32.2. The summed E-state index contributed by atoms with van der Waals surface area (Å²) in [5.41, 5.74) is 5.82. The van der Waals surface area contributed by atoms with Crippen LogP contribution in [-0.2, 0) is 0 Å². The van der Waals surface area contributed by atoms with E-state index in [2.05, 4.69) is 18.2 Å². The molecule has 84 valence electrons. The molecule has 1 aliphatic carbocycles. The molecule has 1 rings (SSSR count). The monoisotopic (exact) mass is 216 g/mol. The smallest absolute Gasteiger partial charge is 0.0218 e. The Morgan fingerprint density at radius 1 is 1.50 bits per heavy atom. The van der Waals surface area contributed by atoms with Crippen molar-refractivity contribution in [1.29, 1.82) is 0 Å². The molecular weight excluding hydrogens is 192 g/mol. The van der Waals surface area contributed by atoms with Gasteiger partial charge in [-0.1, -0.05) is 6.42 Å². The molecule has 0 aliphatic heterocycles. The fraction of sp³-hybridized carbons (Fsp3) is 1.00. The molecule has 3 heteroatoms. The number of nitrogens with zero attached hydrogens (tertiary/aromatic N) is 1. The topological polar surface area (TPSA) is 29.3 Å². The van der Waals surface area contributed by atoms with E-state index >= 15 is 0 Å². The van der Waals surface area contributed by atoms with E-state index in [1.54, 1.807) is 0 Å². The first kappa shape index (κ1) is 12.3. The second kappa shape index (κ2) is 6.70. The molecule has 0 aromatic rings. The van der Waals surface area contributed by atoms with E-state index in [1.807, 2.05) is 11.8 Å². The zero-order valence-electron chi connectivity index (χ0n) is 9.54. The van der Waals surface area contributed by atoms with Crippen molar-refractivity contribution in [1.82, 2.24) is 4.90 Å². The zero-order valence-corrected chi connectivity index (χ0v) is 10.4. The van der Waals surface area contributed by atoms with E-state index < -0.39 is 0 Å². The first-order valence-corrected chi connectivity index (χ1v) is 7.10. The van der Waals surface area contributed by atoms with Crippen LogP contribution in [0.3, 0.4) is 0 Å². The minimum atomic E-state index is 0.618. The maximum Gasteiger partial charge on any atom is 0.0218 e. The Morgan fingerprint density at radius 3 is 2.64 bits per heavy atom. The predicted molar refractivity (Wildman–Crippen MR) is 65.9 cm³/mol. The summed E-state index contributed by atoms with van der Waals surface area (Å²) in [6, 6.07) is 1.45. The Hall–Kier alpha value is 0.270. The molecule has 0 heterocycles. The number of nitrogens with two attached hydrogens (primary N) is 1. The molecule has 0 aromatic carbocycles. The Kier molecular flexibility index (Phi) is 5.90. The molecular formula is C11H24N2S. The van der Waals surface area contributed by atoms with Crippen molar-refractivity contribution in [2.75, 3.05) is 25.6 Å². The van der Waals surface area contributed by atoms with E-state index in [0.717, 1.165) is 12.6 Å². The van der Waals surface area contributed by atoms with Crippen LogP contribution in [0.4, 0.5) is 0 Å². The quantitative estimate of drug-likeness (QED) is 0.660. The molecule has 1 saturated carbocycles. The fourth-order valence-corrected chi connectivity index (χ4v) is 2.50. The number of thioether (sulfide) groups is 1. The van der Waals surface area contributed by atoms with E-state index in [4.69, 9.17) is 5.73 Å². The molecule has 1 fully saturated rings. The van der Waals surface area contributed by atoms with Crippen molar-refractivity contribution in [3.63, 3.8) is 0 Å². The molecule has 0 radical (unpaired) electrons. The van der Waals surface area contributed by atoms with Gasteiger partial charge < -0.3 is 5.73 Å². The van der Waals surface area contributed by atoms with Crippen LogP contribution < -0.4 is 5.73 Å². The Labute approximate surface area is 92.6 Å². The fourth-order valence-electron chi connectivity index (χ4n) is 2.04. The Bertz CT molecular complexity index is 148. The number of likely N-dealkylation sites (N-methyl/N-ethyl adjacent to an activating group) is 1. The van der Waals surface area contributed by atoms with Crippen LogP contribution >= 0.6 is 11.8 Å². The molecule has 2 nitrogen and oxygen atoms in total. The molecule has 14 heavy (non-hydrogen) atoms. The lowest BCUT2D eigenvalue weighted by atomic mass is 9.90. The lowest BCUT2D eigenvalue weighted by Gasteiger charge is -2.39. The van der Waals surface area contributed by atoms with Crippen LogP contribution in [0.1, 0.15) is 32.1 Å². The maximum absolute atomic E-state index is 5.82. The SMILES string of the molecule is CSCCCC(CN)N(C)C1CCC1. The molecule has 1 atom stereocenters. The average molecular weight is 216 g/mol. The third-order valence-corrected chi connectivity index (χ3v) is 4.08. The summed E-state index contributed by atoms with van der Waals surface area (Å²) < 4.78 is 0. The molecule has 0 bridgehead atoms. The first-order valence-electron chi connectivity index (χ1n) is 5.70. The second-order valence-electron chi connectivity index (χ2n) is 4.27. The summed E-state index contributed by atoms with van der Waals surface area (Å²) in [7, 11) is 2.25. The predicted octanol–water partition coefficient (Wildman–Crippen LogP) is 1.94. The van der Waals surface area contributed by atoms with E-state index in [-0.39, 0.29) is 0 Å². The summed E-state index contributed by atoms with van der Waals surface area (Å²) in [4.78, 5) is 2.52. The molecule has 1 aliphatic rings. The van der Waals surface area contributed by atoms with Gasteiger partial charge in [-0.3, -0.25) is 4.90 Å².